The van der Waals surface area contributed by atoms with Gasteiger partial charge in [-0.25, -0.2) is 0 Å². The highest BCUT2D eigenvalue weighted by Gasteiger charge is 2.23. The molecule has 0 aromatic rings. The smallest absolute Gasteiger partial charge is 0.318 e. The summed E-state index contributed by atoms with van der Waals surface area (Å²) in [7, 11) is 1.48. The molecule has 82 valence electrons. The number of carbonyl (C=O) groups excluding carboxylic acids is 1. The number of thioether (sulfide) groups is 1. The first-order valence-corrected chi connectivity index (χ1v) is 6.45. The molecule has 0 aromatic carbocycles. The molecule has 3 heteroatoms. The molecule has 14 heavy (non-hydrogen) atoms. The fourth-order valence-corrected chi connectivity index (χ4v) is 3.35. The molecule has 2 nitrogen and oxygen atoms in total. The van der Waals surface area contributed by atoms with Crippen LogP contribution in [0.2, 0.25) is 0 Å². The zero-order chi connectivity index (χ0) is 10.4. The van der Waals surface area contributed by atoms with Crippen molar-refractivity contribution in [3.8, 4) is 0 Å². The maximum Gasteiger partial charge on any atom is 0.318 e. The molecule has 1 fully saturated rings. The molecular formula is C11H20O2S. The SMILES string of the molecule is CCC(SC1CCCCC1)C(=O)OC. The van der Waals surface area contributed by atoms with E-state index in [4.69, 9.17) is 4.74 Å². The Labute approximate surface area is 90.8 Å². The highest BCUT2D eigenvalue weighted by atomic mass is 32.2. The van der Waals surface area contributed by atoms with Crippen LogP contribution in [0.4, 0.5) is 0 Å². The molecule has 1 saturated carbocycles. The predicted octanol–water partition coefficient (Wildman–Crippen LogP) is 3.00. The van der Waals surface area contributed by atoms with Crippen molar-refractivity contribution in [3.63, 3.8) is 0 Å². The molecule has 0 bridgehead atoms. The summed E-state index contributed by atoms with van der Waals surface area (Å²) in [5, 5.41) is 0.746. The van der Waals surface area contributed by atoms with Gasteiger partial charge in [0.15, 0.2) is 0 Å². The summed E-state index contributed by atoms with van der Waals surface area (Å²) in [6, 6.07) is 0. The van der Waals surface area contributed by atoms with Crippen LogP contribution in [0.15, 0.2) is 0 Å². The lowest BCUT2D eigenvalue weighted by Gasteiger charge is -2.24. The standard InChI is InChI=1S/C11H20O2S/c1-3-10(11(12)13-2)14-9-7-5-4-6-8-9/h9-10H,3-8H2,1-2H3. The van der Waals surface area contributed by atoms with Gasteiger partial charge in [0.1, 0.15) is 5.25 Å². The van der Waals surface area contributed by atoms with Crippen LogP contribution in [-0.2, 0) is 9.53 Å². The van der Waals surface area contributed by atoms with E-state index in [1.165, 1.54) is 39.2 Å². The predicted molar refractivity (Wildman–Crippen MR) is 60.6 cm³/mol. The Morgan fingerprint density at radius 3 is 2.57 bits per heavy atom. The molecule has 1 rings (SSSR count). The minimum Gasteiger partial charge on any atom is -0.468 e. The largest absolute Gasteiger partial charge is 0.468 e. The van der Waals surface area contributed by atoms with Crippen molar-refractivity contribution in [2.75, 3.05) is 7.11 Å². The molecule has 0 N–H and O–H groups in total. The average Bonchev–Trinajstić information content (AvgIpc) is 2.26. The number of carbonyl (C=O) groups is 1. The average molecular weight is 216 g/mol. The number of rotatable bonds is 4. The van der Waals surface area contributed by atoms with Gasteiger partial charge in [-0.15, -0.1) is 11.8 Å². The van der Waals surface area contributed by atoms with Crippen molar-refractivity contribution >= 4 is 17.7 Å². The Hall–Kier alpha value is -0.180. The summed E-state index contributed by atoms with van der Waals surface area (Å²) >= 11 is 1.82. The number of methoxy groups -OCH3 is 1. The second-order valence-electron chi connectivity index (χ2n) is 3.82. The maximum atomic E-state index is 11.4. The summed E-state index contributed by atoms with van der Waals surface area (Å²) in [5.74, 6) is -0.0527. The zero-order valence-corrected chi connectivity index (χ0v) is 9.94. The van der Waals surface area contributed by atoms with Gasteiger partial charge in [-0.3, -0.25) is 4.79 Å². The maximum absolute atomic E-state index is 11.4. The summed E-state index contributed by atoms with van der Waals surface area (Å²) in [6.07, 6.45) is 7.46. The van der Waals surface area contributed by atoms with Gasteiger partial charge < -0.3 is 4.74 Å². The summed E-state index contributed by atoms with van der Waals surface area (Å²) < 4.78 is 4.79. The van der Waals surface area contributed by atoms with E-state index in [0.717, 1.165) is 6.42 Å². The van der Waals surface area contributed by atoms with Crippen molar-refractivity contribution in [1.82, 2.24) is 0 Å². The molecule has 0 heterocycles. The Morgan fingerprint density at radius 1 is 1.43 bits per heavy atom. The van der Waals surface area contributed by atoms with Crippen molar-refractivity contribution < 1.29 is 9.53 Å². The second kappa shape index (κ2) is 6.33. The quantitative estimate of drug-likeness (QED) is 0.676. The van der Waals surface area contributed by atoms with E-state index in [1.807, 2.05) is 11.8 Å². The number of ether oxygens (including phenoxy) is 1. The molecule has 1 unspecified atom stereocenters. The van der Waals surface area contributed by atoms with Crippen molar-refractivity contribution in [1.29, 1.82) is 0 Å². The van der Waals surface area contributed by atoms with E-state index in [-0.39, 0.29) is 11.2 Å². The van der Waals surface area contributed by atoms with Gasteiger partial charge in [-0.05, 0) is 19.3 Å². The first kappa shape index (κ1) is 11.9. The molecule has 1 aliphatic carbocycles. The molecule has 1 aliphatic rings. The molecule has 0 spiro atoms. The van der Waals surface area contributed by atoms with Gasteiger partial charge in [0.05, 0.1) is 7.11 Å². The van der Waals surface area contributed by atoms with E-state index < -0.39 is 0 Å². The lowest BCUT2D eigenvalue weighted by atomic mass is 10.0. The molecular weight excluding hydrogens is 196 g/mol. The molecule has 0 aromatic heterocycles. The molecule has 0 aliphatic heterocycles. The number of esters is 1. The van der Waals surface area contributed by atoms with Gasteiger partial charge in [0, 0.05) is 5.25 Å². The van der Waals surface area contributed by atoms with E-state index in [9.17, 15) is 4.79 Å². The molecule has 0 radical (unpaired) electrons. The van der Waals surface area contributed by atoms with Crippen LogP contribution in [0.1, 0.15) is 45.4 Å². The van der Waals surface area contributed by atoms with E-state index >= 15 is 0 Å². The van der Waals surface area contributed by atoms with E-state index in [2.05, 4.69) is 6.92 Å². The Morgan fingerprint density at radius 2 is 2.07 bits per heavy atom. The fourth-order valence-electron chi connectivity index (χ4n) is 1.88. The molecule has 1 atom stereocenters. The van der Waals surface area contributed by atoms with Gasteiger partial charge >= 0.3 is 5.97 Å². The summed E-state index contributed by atoms with van der Waals surface area (Å²) in [4.78, 5) is 11.4. The molecule has 0 amide bonds. The van der Waals surface area contributed by atoms with Crippen LogP contribution >= 0.6 is 11.8 Å². The normalized spacial score (nSPS) is 20.4. The fraction of sp³-hybridized carbons (Fsp3) is 0.909. The van der Waals surface area contributed by atoms with Gasteiger partial charge in [-0.1, -0.05) is 26.2 Å². The van der Waals surface area contributed by atoms with Crippen LogP contribution in [0, 0.1) is 0 Å². The summed E-state index contributed by atoms with van der Waals surface area (Å²) in [6.45, 7) is 2.05. The molecule has 0 saturated heterocycles. The zero-order valence-electron chi connectivity index (χ0n) is 9.12. The lowest BCUT2D eigenvalue weighted by Crippen LogP contribution is -2.22. The third-order valence-electron chi connectivity index (χ3n) is 2.74. The van der Waals surface area contributed by atoms with Crippen molar-refractivity contribution in [3.05, 3.63) is 0 Å². The number of hydrogen-bond acceptors (Lipinski definition) is 3. The van der Waals surface area contributed by atoms with Gasteiger partial charge in [0.25, 0.3) is 0 Å². The Bertz CT molecular complexity index is 176. The third-order valence-corrected chi connectivity index (χ3v) is 4.45. The van der Waals surface area contributed by atoms with Crippen molar-refractivity contribution in [2.24, 2.45) is 0 Å². The second-order valence-corrected chi connectivity index (χ2v) is 5.32. The number of hydrogen-bond donors (Lipinski definition) is 0. The van der Waals surface area contributed by atoms with Gasteiger partial charge in [0.2, 0.25) is 0 Å². The minimum absolute atomic E-state index is 0.0527. The van der Waals surface area contributed by atoms with E-state index in [0.29, 0.717) is 5.25 Å². The topological polar surface area (TPSA) is 26.3 Å². The highest BCUT2D eigenvalue weighted by molar-refractivity contribution is 8.01. The van der Waals surface area contributed by atoms with E-state index in [1.54, 1.807) is 0 Å². The van der Waals surface area contributed by atoms with Crippen LogP contribution in [0.25, 0.3) is 0 Å². The first-order valence-electron chi connectivity index (χ1n) is 5.51. The Kier molecular flexibility index (Phi) is 5.38. The van der Waals surface area contributed by atoms with Crippen molar-refractivity contribution in [2.45, 2.75) is 55.9 Å². The van der Waals surface area contributed by atoms with Crippen LogP contribution in [0.3, 0.4) is 0 Å². The monoisotopic (exact) mass is 216 g/mol. The van der Waals surface area contributed by atoms with Crippen LogP contribution in [-0.4, -0.2) is 23.6 Å². The highest BCUT2D eigenvalue weighted by Crippen LogP contribution is 2.32. The Balaban J connectivity index is 2.34. The minimum atomic E-state index is -0.0527. The summed E-state index contributed by atoms with van der Waals surface area (Å²) in [5.41, 5.74) is 0. The first-order chi connectivity index (χ1) is 6.77. The third kappa shape index (κ3) is 3.52. The lowest BCUT2D eigenvalue weighted by molar-refractivity contribution is -0.140. The van der Waals surface area contributed by atoms with Gasteiger partial charge in [-0.2, -0.15) is 0 Å². The van der Waals surface area contributed by atoms with Crippen LogP contribution < -0.4 is 0 Å². The van der Waals surface area contributed by atoms with Crippen LogP contribution in [0.5, 0.6) is 0 Å².